The van der Waals surface area contributed by atoms with Crippen molar-refractivity contribution in [3.05, 3.63) is 59.7 Å². The first-order chi connectivity index (χ1) is 13.5. The van der Waals surface area contributed by atoms with Gasteiger partial charge in [-0.3, -0.25) is 9.59 Å². The van der Waals surface area contributed by atoms with Gasteiger partial charge in [0.05, 0.1) is 12.2 Å². The fraction of sp³-hybridized carbons (Fsp3) is 0.286. The van der Waals surface area contributed by atoms with Crippen molar-refractivity contribution in [2.24, 2.45) is 0 Å². The highest BCUT2D eigenvalue weighted by molar-refractivity contribution is 5.98. The lowest BCUT2D eigenvalue weighted by atomic mass is 10.2. The Morgan fingerprint density at radius 3 is 2.43 bits per heavy atom. The predicted octanol–water partition coefficient (Wildman–Crippen LogP) is 3.02. The number of anilines is 1. The smallest absolute Gasteiger partial charge is 0.338 e. The maximum Gasteiger partial charge on any atom is 0.338 e. The molecule has 2 aromatic rings. The molecule has 0 heterocycles. The van der Waals surface area contributed by atoms with Crippen molar-refractivity contribution >= 4 is 23.5 Å². The second-order valence-corrected chi connectivity index (χ2v) is 6.01. The van der Waals surface area contributed by atoms with Gasteiger partial charge in [0, 0.05) is 18.3 Å². The molecule has 0 aromatic heterocycles. The van der Waals surface area contributed by atoms with E-state index in [0.29, 0.717) is 29.2 Å². The molecule has 148 valence electrons. The van der Waals surface area contributed by atoms with Crippen molar-refractivity contribution in [3.8, 4) is 5.75 Å². The summed E-state index contributed by atoms with van der Waals surface area (Å²) >= 11 is 0. The number of nitrogens with one attached hydrogen (secondary N) is 2. The Balaban J connectivity index is 1.83. The number of hydrogen-bond acceptors (Lipinski definition) is 5. The lowest BCUT2D eigenvalue weighted by Crippen LogP contribution is -2.22. The van der Waals surface area contributed by atoms with Crippen molar-refractivity contribution in [3.63, 3.8) is 0 Å². The summed E-state index contributed by atoms with van der Waals surface area (Å²) in [7, 11) is 1.52. The summed E-state index contributed by atoms with van der Waals surface area (Å²) in [5, 5.41) is 5.10. The van der Waals surface area contributed by atoms with Crippen molar-refractivity contribution in [1.82, 2.24) is 5.32 Å². The van der Waals surface area contributed by atoms with E-state index in [2.05, 4.69) is 17.6 Å². The largest absolute Gasteiger partial charge is 0.494 e. The van der Waals surface area contributed by atoms with Crippen molar-refractivity contribution < 1.29 is 23.9 Å². The molecule has 0 atom stereocenters. The monoisotopic (exact) mass is 384 g/mol. The molecule has 0 fully saturated rings. The Bertz CT molecular complexity index is 818. The van der Waals surface area contributed by atoms with Gasteiger partial charge in [0.25, 0.3) is 11.8 Å². The molecule has 0 aliphatic heterocycles. The molecule has 0 unspecified atom stereocenters. The Kier molecular flexibility index (Phi) is 8.02. The second-order valence-electron chi connectivity index (χ2n) is 6.01. The number of amides is 2. The third-order valence-electron chi connectivity index (χ3n) is 3.83. The SMILES string of the molecule is CCCCOc1ccc(C(=O)OCC(=O)Nc2cccc(C(=O)NC)c2)cc1. The van der Waals surface area contributed by atoms with Crippen molar-refractivity contribution in [1.29, 1.82) is 0 Å². The van der Waals surface area contributed by atoms with Gasteiger partial charge in [0.15, 0.2) is 6.61 Å². The van der Waals surface area contributed by atoms with E-state index in [1.807, 2.05) is 0 Å². The van der Waals surface area contributed by atoms with E-state index in [1.54, 1.807) is 42.5 Å². The summed E-state index contributed by atoms with van der Waals surface area (Å²) in [6.07, 6.45) is 2.01. The van der Waals surface area contributed by atoms with Crippen molar-refractivity contribution in [2.45, 2.75) is 19.8 Å². The van der Waals surface area contributed by atoms with Gasteiger partial charge < -0.3 is 20.1 Å². The molecule has 0 saturated heterocycles. The normalized spacial score (nSPS) is 10.1. The zero-order chi connectivity index (χ0) is 20.4. The van der Waals surface area contributed by atoms with Gasteiger partial charge in [-0.15, -0.1) is 0 Å². The van der Waals surface area contributed by atoms with Crippen LogP contribution in [0.3, 0.4) is 0 Å². The van der Waals surface area contributed by atoms with Crippen LogP contribution in [0.4, 0.5) is 5.69 Å². The van der Waals surface area contributed by atoms with Crippen LogP contribution in [0.2, 0.25) is 0 Å². The molecule has 7 heteroatoms. The number of carbonyl (C=O) groups is 3. The molecule has 7 nitrogen and oxygen atoms in total. The molecule has 28 heavy (non-hydrogen) atoms. The highest BCUT2D eigenvalue weighted by Crippen LogP contribution is 2.14. The summed E-state index contributed by atoms with van der Waals surface area (Å²) in [6, 6.07) is 13.0. The van der Waals surface area contributed by atoms with Crippen LogP contribution in [0.1, 0.15) is 40.5 Å². The fourth-order valence-corrected chi connectivity index (χ4v) is 2.32. The minimum absolute atomic E-state index is 0.260. The Morgan fingerprint density at radius 2 is 1.75 bits per heavy atom. The molecule has 0 aliphatic rings. The zero-order valence-electron chi connectivity index (χ0n) is 16.0. The lowest BCUT2D eigenvalue weighted by Gasteiger charge is -2.09. The van der Waals surface area contributed by atoms with Gasteiger partial charge in [-0.25, -0.2) is 4.79 Å². The third kappa shape index (κ3) is 6.42. The fourth-order valence-electron chi connectivity index (χ4n) is 2.32. The van der Waals surface area contributed by atoms with E-state index >= 15 is 0 Å². The van der Waals surface area contributed by atoms with Gasteiger partial charge in [0.2, 0.25) is 0 Å². The molecule has 0 saturated carbocycles. The molecule has 0 aliphatic carbocycles. The molecule has 2 aromatic carbocycles. The summed E-state index contributed by atoms with van der Waals surface area (Å²) in [4.78, 5) is 35.7. The van der Waals surface area contributed by atoms with E-state index in [0.717, 1.165) is 12.8 Å². The zero-order valence-corrected chi connectivity index (χ0v) is 16.0. The third-order valence-corrected chi connectivity index (χ3v) is 3.83. The highest BCUT2D eigenvalue weighted by atomic mass is 16.5. The number of hydrogen-bond donors (Lipinski definition) is 2. The molecule has 0 bridgehead atoms. The van der Waals surface area contributed by atoms with Gasteiger partial charge in [-0.1, -0.05) is 19.4 Å². The molecular weight excluding hydrogens is 360 g/mol. The second kappa shape index (κ2) is 10.7. The molecule has 0 radical (unpaired) electrons. The van der Waals surface area contributed by atoms with Crippen LogP contribution < -0.4 is 15.4 Å². The summed E-state index contributed by atoms with van der Waals surface area (Å²) in [6.45, 7) is 2.27. The van der Waals surface area contributed by atoms with Crippen LogP contribution in [0, 0.1) is 0 Å². The summed E-state index contributed by atoms with van der Waals surface area (Å²) in [5.41, 5.74) is 1.19. The van der Waals surface area contributed by atoms with E-state index in [1.165, 1.54) is 13.1 Å². The summed E-state index contributed by atoms with van der Waals surface area (Å²) in [5.74, 6) is -0.681. The first-order valence-corrected chi connectivity index (χ1v) is 9.05. The maximum atomic E-state index is 12.1. The van der Waals surface area contributed by atoms with E-state index in [-0.39, 0.29) is 5.91 Å². The number of unbranched alkanes of at least 4 members (excludes halogenated alkanes) is 1. The lowest BCUT2D eigenvalue weighted by molar-refractivity contribution is -0.119. The van der Waals surface area contributed by atoms with Crippen LogP contribution in [0.15, 0.2) is 48.5 Å². The number of esters is 1. The standard InChI is InChI=1S/C21H24N2O5/c1-3-4-12-27-18-10-8-15(9-11-18)21(26)28-14-19(24)23-17-7-5-6-16(13-17)20(25)22-2/h5-11,13H,3-4,12,14H2,1-2H3,(H,22,25)(H,23,24). The topological polar surface area (TPSA) is 93.7 Å². The van der Waals surface area contributed by atoms with Gasteiger partial charge in [-0.2, -0.15) is 0 Å². The van der Waals surface area contributed by atoms with Crippen molar-refractivity contribution in [2.75, 3.05) is 25.6 Å². The molecule has 0 spiro atoms. The van der Waals surface area contributed by atoms with Crippen LogP contribution in [-0.2, 0) is 9.53 Å². The summed E-state index contributed by atoms with van der Waals surface area (Å²) < 4.78 is 10.6. The van der Waals surface area contributed by atoms with E-state index in [4.69, 9.17) is 9.47 Å². The molecule has 2 amide bonds. The van der Waals surface area contributed by atoms with E-state index < -0.39 is 18.5 Å². The van der Waals surface area contributed by atoms with Crippen LogP contribution in [0.5, 0.6) is 5.75 Å². The minimum Gasteiger partial charge on any atom is -0.494 e. The number of rotatable bonds is 9. The highest BCUT2D eigenvalue weighted by Gasteiger charge is 2.11. The average Bonchev–Trinajstić information content (AvgIpc) is 2.72. The molecule has 2 N–H and O–H groups in total. The quantitative estimate of drug-likeness (QED) is 0.512. The van der Waals surface area contributed by atoms with Crippen LogP contribution >= 0.6 is 0 Å². The van der Waals surface area contributed by atoms with Gasteiger partial charge in [0.1, 0.15) is 5.75 Å². The Morgan fingerprint density at radius 1 is 1.00 bits per heavy atom. The first-order valence-electron chi connectivity index (χ1n) is 9.05. The van der Waals surface area contributed by atoms with Crippen LogP contribution in [-0.4, -0.2) is 38.0 Å². The number of benzene rings is 2. The Labute approximate surface area is 164 Å². The molecule has 2 rings (SSSR count). The van der Waals surface area contributed by atoms with Gasteiger partial charge >= 0.3 is 5.97 Å². The van der Waals surface area contributed by atoms with Crippen LogP contribution in [0.25, 0.3) is 0 Å². The molecular formula is C21H24N2O5. The number of ether oxygens (including phenoxy) is 2. The van der Waals surface area contributed by atoms with E-state index in [9.17, 15) is 14.4 Å². The Hall–Kier alpha value is -3.35. The maximum absolute atomic E-state index is 12.1. The van der Waals surface area contributed by atoms with Gasteiger partial charge in [-0.05, 0) is 48.9 Å². The number of carbonyl (C=O) groups excluding carboxylic acids is 3. The average molecular weight is 384 g/mol. The first kappa shape index (κ1) is 21.0. The minimum atomic E-state index is -0.602. The predicted molar refractivity (Wildman–Crippen MR) is 106 cm³/mol.